The molecule has 2 saturated heterocycles. The third-order valence-electron chi connectivity index (χ3n) is 6.43. The van der Waals surface area contributed by atoms with Crippen LogP contribution in [0.5, 0.6) is 0 Å². The number of rotatable bonds is 6. The summed E-state index contributed by atoms with van der Waals surface area (Å²) in [5.74, 6) is 1.54. The first kappa shape index (κ1) is 21.1. The SMILES string of the molecule is O=C(Nc1ccc(CC2CCN(C(=O)c3ccno3)CC2)cc1)C1CN(c2cccnn2)C1. The fourth-order valence-electron chi connectivity index (χ4n) is 4.42. The van der Waals surface area contributed by atoms with Crippen LogP contribution in [0.2, 0.25) is 0 Å². The van der Waals surface area contributed by atoms with Gasteiger partial charge in [-0.3, -0.25) is 9.59 Å². The predicted molar refractivity (Wildman–Crippen MR) is 122 cm³/mol. The van der Waals surface area contributed by atoms with Gasteiger partial charge in [-0.15, -0.1) is 5.10 Å². The number of benzene rings is 1. The highest BCUT2D eigenvalue weighted by molar-refractivity contribution is 5.94. The molecule has 2 aromatic heterocycles. The molecule has 0 aliphatic carbocycles. The van der Waals surface area contributed by atoms with Gasteiger partial charge in [0.25, 0.3) is 5.91 Å². The van der Waals surface area contributed by atoms with E-state index in [9.17, 15) is 9.59 Å². The Morgan fingerprint density at radius 3 is 2.48 bits per heavy atom. The summed E-state index contributed by atoms with van der Waals surface area (Å²) < 4.78 is 4.98. The smallest absolute Gasteiger partial charge is 0.292 e. The minimum Gasteiger partial charge on any atom is -0.353 e. The van der Waals surface area contributed by atoms with Crippen molar-refractivity contribution in [1.82, 2.24) is 20.3 Å². The summed E-state index contributed by atoms with van der Waals surface area (Å²) in [4.78, 5) is 28.8. The van der Waals surface area contributed by atoms with Gasteiger partial charge in [0.2, 0.25) is 11.7 Å². The molecule has 33 heavy (non-hydrogen) atoms. The first-order valence-electron chi connectivity index (χ1n) is 11.3. The number of hydrogen-bond donors (Lipinski definition) is 1. The van der Waals surface area contributed by atoms with Crippen LogP contribution < -0.4 is 10.2 Å². The maximum atomic E-state index is 12.5. The van der Waals surface area contributed by atoms with Crippen molar-refractivity contribution < 1.29 is 14.1 Å². The summed E-state index contributed by atoms with van der Waals surface area (Å²) in [5.41, 5.74) is 2.06. The van der Waals surface area contributed by atoms with Crippen LogP contribution in [-0.4, -0.2) is 58.2 Å². The number of hydrogen-bond acceptors (Lipinski definition) is 7. The van der Waals surface area contributed by atoms with E-state index in [0.717, 1.165) is 43.9 Å². The molecule has 5 rings (SSSR count). The molecular weight excluding hydrogens is 420 g/mol. The molecule has 0 radical (unpaired) electrons. The molecule has 2 fully saturated rings. The van der Waals surface area contributed by atoms with Crippen molar-refractivity contribution in [3.05, 3.63) is 66.2 Å². The number of likely N-dealkylation sites (tertiary alicyclic amines) is 1. The van der Waals surface area contributed by atoms with Crippen molar-refractivity contribution in [1.29, 1.82) is 0 Å². The Morgan fingerprint density at radius 1 is 1.03 bits per heavy atom. The highest BCUT2D eigenvalue weighted by atomic mass is 16.5. The Hall–Kier alpha value is -3.75. The molecule has 0 atom stereocenters. The molecule has 4 heterocycles. The molecule has 0 saturated carbocycles. The Labute approximate surface area is 191 Å². The summed E-state index contributed by atoms with van der Waals surface area (Å²) in [6.45, 7) is 2.76. The van der Waals surface area contributed by atoms with Gasteiger partial charge < -0.3 is 19.6 Å². The molecule has 0 spiro atoms. The van der Waals surface area contributed by atoms with E-state index in [4.69, 9.17) is 4.52 Å². The Kier molecular flexibility index (Phi) is 6.01. The van der Waals surface area contributed by atoms with Gasteiger partial charge in [0.15, 0.2) is 5.82 Å². The Morgan fingerprint density at radius 2 is 1.82 bits per heavy atom. The maximum absolute atomic E-state index is 12.5. The molecule has 9 nitrogen and oxygen atoms in total. The number of anilines is 2. The Balaban J connectivity index is 1.06. The van der Waals surface area contributed by atoms with Gasteiger partial charge in [-0.1, -0.05) is 17.3 Å². The third-order valence-corrected chi connectivity index (χ3v) is 6.43. The summed E-state index contributed by atoms with van der Waals surface area (Å²) in [6.07, 6.45) is 6.02. The molecule has 2 aliphatic heterocycles. The zero-order valence-electron chi connectivity index (χ0n) is 18.3. The molecule has 2 aliphatic rings. The van der Waals surface area contributed by atoms with E-state index >= 15 is 0 Å². The lowest BCUT2D eigenvalue weighted by Crippen LogP contribution is -2.52. The maximum Gasteiger partial charge on any atom is 0.292 e. The van der Waals surface area contributed by atoms with Crippen molar-refractivity contribution in [2.24, 2.45) is 11.8 Å². The van der Waals surface area contributed by atoms with Crippen LogP contribution in [0.15, 0.2) is 59.4 Å². The van der Waals surface area contributed by atoms with E-state index in [0.29, 0.717) is 24.8 Å². The van der Waals surface area contributed by atoms with Crippen LogP contribution >= 0.6 is 0 Å². The van der Waals surface area contributed by atoms with Gasteiger partial charge in [0, 0.05) is 44.1 Å². The minimum absolute atomic E-state index is 0.0340. The molecule has 0 unspecified atom stereocenters. The van der Waals surface area contributed by atoms with Crippen LogP contribution in [0.4, 0.5) is 11.5 Å². The zero-order chi connectivity index (χ0) is 22.6. The van der Waals surface area contributed by atoms with Crippen molar-refractivity contribution in [3.63, 3.8) is 0 Å². The average molecular weight is 447 g/mol. The average Bonchev–Trinajstić information content (AvgIpc) is 3.35. The van der Waals surface area contributed by atoms with E-state index in [-0.39, 0.29) is 17.7 Å². The normalized spacial score (nSPS) is 17.0. The highest BCUT2D eigenvalue weighted by Gasteiger charge is 2.33. The van der Waals surface area contributed by atoms with E-state index in [2.05, 4.69) is 32.8 Å². The van der Waals surface area contributed by atoms with Gasteiger partial charge in [-0.2, -0.15) is 5.10 Å². The summed E-state index contributed by atoms with van der Waals surface area (Å²) >= 11 is 0. The second-order valence-corrected chi connectivity index (χ2v) is 8.69. The van der Waals surface area contributed by atoms with Crippen molar-refractivity contribution >= 4 is 23.3 Å². The number of aromatic nitrogens is 3. The summed E-state index contributed by atoms with van der Waals surface area (Å²) in [6, 6.07) is 13.4. The number of amides is 2. The van der Waals surface area contributed by atoms with Crippen molar-refractivity contribution in [3.8, 4) is 0 Å². The molecule has 1 aromatic carbocycles. The van der Waals surface area contributed by atoms with E-state index in [1.807, 2.05) is 34.1 Å². The third kappa shape index (κ3) is 4.87. The number of carbonyl (C=O) groups excluding carboxylic acids is 2. The van der Waals surface area contributed by atoms with E-state index in [1.165, 1.54) is 11.8 Å². The first-order valence-corrected chi connectivity index (χ1v) is 11.3. The molecular formula is C24H26N6O3. The van der Waals surface area contributed by atoms with Crippen LogP contribution in [0.3, 0.4) is 0 Å². The fraction of sp³-hybridized carbons (Fsp3) is 0.375. The van der Waals surface area contributed by atoms with Crippen LogP contribution in [0.1, 0.15) is 29.0 Å². The monoisotopic (exact) mass is 446 g/mol. The topological polar surface area (TPSA) is 104 Å². The largest absolute Gasteiger partial charge is 0.353 e. The van der Waals surface area contributed by atoms with Crippen LogP contribution in [-0.2, 0) is 11.2 Å². The van der Waals surface area contributed by atoms with E-state index in [1.54, 1.807) is 12.3 Å². The van der Waals surface area contributed by atoms with Crippen molar-refractivity contribution in [2.45, 2.75) is 19.3 Å². The quantitative estimate of drug-likeness (QED) is 0.621. The van der Waals surface area contributed by atoms with E-state index < -0.39 is 0 Å². The molecule has 170 valence electrons. The molecule has 2 amide bonds. The highest BCUT2D eigenvalue weighted by Crippen LogP contribution is 2.25. The lowest BCUT2D eigenvalue weighted by Gasteiger charge is -2.38. The zero-order valence-corrected chi connectivity index (χ0v) is 18.3. The number of nitrogens with one attached hydrogen (secondary N) is 1. The fourth-order valence-corrected chi connectivity index (χ4v) is 4.42. The molecule has 3 aromatic rings. The van der Waals surface area contributed by atoms with Gasteiger partial charge in [0.05, 0.1) is 12.1 Å². The minimum atomic E-state index is -0.0858. The second-order valence-electron chi connectivity index (χ2n) is 8.69. The number of piperidine rings is 1. The lowest BCUT2D eigenvalue weighted by atomic mass is 9.90. The van der Waals surface area contributed by atoms with Gasteiger partial charge in [-0.05, 0) is 55.0 Å². The molecule has 9 heteroatoms. The lowest BCUT2D eigenvalue weighted by molar-refractivity contribution is -0.120. The summed E-state index contributed by atoms with van der Waals surface area (Å²) in [7, 11) is 0. The van der Waals surface area contributed by atoms with Gasteiger partial charge >= 0.3 is 0 Å². The van der Waals surface area contributed by atoms with Gasteiger partial charge in [-0.25, -0.2) is 0 Å². The van der Waals surface area contributed by atoms with Crippen molar-refractivity contribution in [2.75, 3.05) is 36.4 Å². The predicted octanol–water partition coefficient (Wildman–Crippen LogP) is 2.63. The molecule has 1 N–H and O–H groups in total. The Bertz CT molecular complexity index is 1070. The van der Waals surface area contributed by atoms with Crippen LogP contribution in [0.25, 0.3) is 0 Å². The standard InChI is InChI=1S/C24H26N6O3/c31-23(19-15-30(16-19)22-2-1-10-25-28-22)27-20-5-3-17(4-6-20)14-18-8-12-29(13-9-18)24(32)21-7-11-26-33-21/h1-7,10-11,18-19H,8-9,12-16H2,(H,27,31). The second kappa shape index (κ2) is 9.40. The first-order chi connectivity index (χ1) is 16.2. The number of nitrogens with zero attached hydrogens (tertiary/aromatic N) is 5. The number of carbonyl (C=O) groups is 2. The van der Waals surface area contributed by atoms with Crippen LogP contribution in [0, 0.1) is 11.8 Å². The molecule has 0 bridgehead atoms. The van der Waals surface area contributed by atoms with Gasteiger partial charge in [0.1, 0.15) is 0 Å². The summed E-state index contributed by atoms with van der Waals surface area (Å²) in [5, 5.41) is 14.6.